The van der Waals surface area contributed by atoms with Gasteiger partial charge in [-0.15, -0.1) is 0 Å². The van der Waals surface area contributed by atoms with Crippen molar-refractivity contribution in [1.82, 2.24) is 0 Å². The smallest absolute Gasteiger partial charge is 0.363 e. The molecule has 1 aromatic heterocycles. The molecule has 0 saturated carbocycles. The molecule has 0 radical (unpaired) electrons. The highest BCUT2D eigenvalue weighted by molar-refractivity contribution is 6.30. The van der Waals surface area contributed by atoms with Crippen molar-refractivity contribution in [2.24, 2.45) is 4.99 Å². The summed E-state index contributed by atoms with van der Waals surface area (Å²) in [7, 11) is 0. The molecular weight excluding hydrogens is 386 g/mol. The molecule has 3 aromatic carbocycles. The van der Waals surface area contributed by atoms with E-state index in [1.807, 2.05) is 60.7 Å². The Hall–Kier alpha value is -3.63. The van der Waals surface area contributed by atoms with E-state index in [9.17, 15) is 4.79 Å². The third-order valence-corrected chi connectivity index (χ3v) is 4.93. The fourth-order valence-electron chi connectivity index (χ4n) is 3.27. The molecule has 2 heterocycles. The summed E-state index contributed by atoms with van der Waals surface area (Å²) in [5.41, 5.74) is 1.87. The minimum absolute atomic E-state index is 0.199. The molecule has 0 aliphatic carbocycles. The monoisotopic (exact) mass is 399 g/mol. The maximum Gasteiger partial charge on any atom is 0.363 e. The lowest BCUT2D eigenvalue weighted by atomic mass is 10.0. The second-order valence-corrected chi connectivity index (χ2v) is 7.01. The molecule has 1 aliphatic heterocycles. The molecule has 5 heteroatoms. The van der Waals surface area contributed by atoms with Crippen molar-refractivity contribution in [2.45, 2.75) is 0 Å². The maximum absolute atomic E-state index is 12.4. The highest BCUT2D eigenvalue weighted by atomic mass is 35.5. The zero-order valence-electron chi connectivity index (χ0n) is 15.1. The number of ether oxygens (including phenoxy) is 1. The molecule has 5 rings (SSSR count). The third kappa shape index (κ3) is 3.35. The minimum Gasteiger partial charge on any atom is -0.457 e. The first-order valence-electron chi connectivity index (χ1n) is 9.04. The van der Waals surface area contributed by atoms with Gasteiger partial charge in [-0.25, -0.2) is 9.79 Å². The van der Waals surface area contributed by atoms with Gasteiger partial charge in [-0.05, 0) is 53.2 Å². The Labute approximate surface area is 171 Å². The number of carbonyl (C=O) groups excluding carboxylic acids is 1. The van der Waals surface area contributed by atoms with Crippen LogP contribution in [0.4, 0.5) is 0 Å². The highest BCUT2D eigenvalue weighted by Crippen LogP contribution is 2.27. The largest absolute Gasteiger partial charge is 0.457 e. The second kappa shape index (κ2) is 7.08. The number of hydrogen-bond donors (Lipinski definition) is 0. The van der Waals surface area contributed by atoms with Gasteiger partial charge in [-0.2, -0.15) is 0 Å². The molecule has 0 fully saturated rings. The van der Waals surface area contributed by atoms with Crippen LogP contribution in [0.2, 0.25) is 5.02 Å². The summed E-state index contributed by atoms with van der Waals surface area (Å²) in [6.45, 7) is 0. The molecule has 1 aliphatic rings. The van der Waals surface area contributed by atoms with Crippen LogP contribution < -0.4 is 0 Å². The number of esters is 1. The van der Waals surface area contributed by atoms with Crippen LogP contribution in [-0.2, 0) is 9.53 Å². The average Bonchev–Trinajstić information content (AvgIpc) is 3.35. The number of halogens is 1. The van der Waals surface area contributed by atoms with Crippen molar-refractivity contribution in [3.8, 4) is 11.3 Å². The predicted octanol–water partition coefficient (Wildman–Crippen LogP) is 6.10. The first kappa shape index (κ1) is 17.5. The zero-order chi connectivity index (χ0) is 19.8. The Kier molecular flexibility index (Phi) is 4.26. The quantitative estimate of drug-likeness (QED) is 0.309. The van der Waals surface area contributed by atoms with Gasteiger partial charge >= 0.3 is 5.97 Å². The lowest BCUT2D eigenvalue weighted by Gasteiger charge is -2.04. The van der Waals surface area contributed by atoms with Gasteiger partial charge in [-0.1, -0.05) is 48.0 Å². The molecule has 0 bridgehead atoms. The van der Waals surface area contributed by atoms with Crippen molar-refractivity contribution in [1.29, 1.82) is 0 Å². The van der Waals surface area contributed by atoms with Crippen LogP contribution in [0.5, 0.6) is 0 Å². The molecule has 0 amide bonds. The predicted molar refractivity (Wildman–Crippen MR) is 114 cm³/mol. The van der Waals surface area contributed by atoms with E-state index in [1.54, 1.807) is 24.3 Å². The minimum atomic E-state index is -0.502. The van der Waals surface area contributed by atoms with Crippen LogP contribution in [-0.4, -0.2) is 11.9 Å². The molecule has 0 spiro atoms. The number of aliphatic imine (C=N–C) groups is 1. The van der Waals surface area contributed by atoms with Gasteiger partial charge in [0.25, 0.3) is 0 Å². The Morgan fingerprint density at radius 1 is 0.862 bits per heavy atom. The van der Waals surface area contributed by atoms with Gasteiger partial charge < -0.3 is 9.15 Å². The van der Waals surface area contributed by atoms with E-state index in [4.69, 9.17) is 20.8 Å². The Morgan fingerprint density at radius 3 is 2.52 bits per heavy atom. The summed E-state index contributed by atoms with van der Waals surface area (Å²) in [5.74, 6) is 0.989. The van der Waals surface area contributed by atoms with E-state index in [0.29, 0.717) is 22.4 Å². The van der Waals surface area contributed by atoms with Gasteiger partial charge in [0.15, 0.2) is 5.70 Å². The van der Waals surface area contributed by atoms with Crippen LogP contribution >= 0.6 is 11.6 Å². The first-order valence-corrected chi connectivity index (χ1v) is 9.42. The van der Waals surface area contributed by atoms with Crippen molar-refractivity contribution >= 4 is 40.3 Å². The fourth-order valence-corrected chi connectivity index (χ4v) is 3.40. The summed E-state index contributed by atoms with van der Waals surface area (Å²) in [5, 5.41) is 2.69. The van der Waals surface area contributed by atoms with E-state index in [0.717, 1.165) is 21.9 Å². The standard InChI is InChI=1S/C24H14ClNO3/c25-17-10-8-16(9-11-17)22-13-12-18(28-22)14-21-24(27)29-23(26-21)20-7-3-5-15-4-1-2-6-19(15)20/h1-14H/b21-14+. The Bertz CT molecular complexity index is 1290. The lowest BCUT2D eigenvalue weighted by molar-refractivity contribution is -0.129. The average molecular weight is 400 g/mol. The summed E-state index contributed by atoms with van der Waals surface area (Å²) in [6, 6.07) is 24.7. The number of benzene rings is 3. The molecular formula is C24H14ClNO3. The molecule has 4 aromatic rings. The number of cyclic esters (lactones) is 1. The van der Waals surface area contributed by atoms with E-state index in [-0.39, 0.29) is 5.70 Å². The SMILES string of the molecule is O=C1OC(c2cccc3ccccc23)=N/C1=C/c1ccc(-c2ccc(Cl)cc2)o1. The van der Waals surface area contributed by atoms with E-state index in [1.165, 1.54) is 0 Å². The highest BCUT2D eigenvalue weighted by Gasteiger charge is 2.25. The van der Waals surface area contributed by atoms with E-state index < -0.39 is 5.97 Å². The van der Waals surface area contributed by atoms with E-state index >= 15 is 0 Å². The molecule has 0 unspecified atom stereocenters. The molecule has 0 saturated heterocycles. The first-order chi connectivity index (χ1) is 14.2. The molecule has 0 atom stereocenters. The van der Waals surface area contributed by atoms with Crippen molar-refractivity contribution in [2.75, 3.05) is 0 Å². The van der Waals surface area contributed by atoms with Gasteiger partial charge in [0.05, 0.1) is 0 Å². The van der Waals surface area contributed by atoms with Crippen molar-refractivity contribution in [3.63, 3.8) is 0 Å². The van der Waals surface area contributed by atoms with Crippen molar-refractivity contribution < 1.29 is 13.9 Å². The van der Waals surface area contributed by atoms with Gasteiger partial charge in [0.1, 0.15) is 11.5 Å². The number of furan rings is 1. The number of rotatable bonds is 3. The Balaban J connectivity index is 1.49. The third-order valence-electron chi connectivity index (χ3n) is 4.68. The molecule has 4 nitrogen and oxygen atoms in total. The second-order valence-electron chi connectivity index (χ2n) is 6.57. The topological polar surface area (TPSA) is 51.8 Å². The number of carbonyl (C=O) groups is 1. The van der Waals surface area contributed by atoms with E-state index in [2.05, 4.69) is 4.99 Å². The summed E-state index contributed by atoms with van der Waals surface area (Å²) >= 11 is 5.93. The lowest BCUT2D eigenvalue weighted by Crippen LogP contribution is -2.05. The zero-order valence-corrected chi connectivity index (χ0v) is 15.9. The van der Waals surface area contributed by atoms with Gasteiger partial charge in [-0.3, -0.25) is 0 Å². The summed E-state index contributed by atoms with van der Waals surface area (Å²) in [4.78, 5) is 16.8. The van der Waals surface area contributed by atoms with Crippen LogP contribution in [0.3, 0.4) is 0 Å². The number of hydrogen-bond acceptors (Lipinski definition) is 4. The molecule has 29 heavy (non-hydrogen) atoms. The van der Waals surface area contributed by atoms with Gasteiger partial charge in [0, 0.05) is 22.2 Å². The van der Waals surface area contributed by atoms with Crippen molar-refractivity contribution in [3.05, 3.63) is 101 Å². The summed E-state index contributed by atoms with van der Waals surface area (Å²) < 4.78 is 11.3. The molecule has 0 N–H and O–H groups in total. The number of fused-ring (bicyclic) bond motifs is 1. The number of nitrogens with zero attached hydrogens (tertiary/aromatic N) is 1. The Morgan fingerprint density at radius 2 is 1.66 bits per heavy atom. The fraction of sp³-hybridized carbons (Fsp3) is 0. The van der Waals surface area contributed by atoms with Crippen LogP contribution in [0.15, 0.2) is 94.0 Å². The normalized spacial score (nSPS) is 15.0. The maximum atomic E-state index is 12.4. The molecule has 140 valence electrons. The van der Waals surface area contributed by atoms with Crippen LogP contribution in [0.25, 0.3) is 28.2 Å². The van der Waals surface area contributed by atoms with Crippen LogP contribution in [0, 0.1) is 0 Å². The summed E-state index contributed by atoms with van der Waals surface area (Å²) in [6.07, 6.45) is 1.58. The van der Waals surface area contributed by atoms with Crippen LogP contribution in [0.1, 0.15) is 11.3 Å². The van der Waals surface area contributed by atoms with Gasteiger partial charge in [0.2, 0.25) is 5.90 Å².